The van der Waals surface area contributed by atoms with Crippen LogP contribution in [-0.2, 0) is 0 Å². The second-order valence-corrected chi connectivity index (χ2v) is 5.41. The average Bonchev–Trinajstić information content (AvgIpc) is 2.48. The minimum absolute atomic E-state index is 0.0991. The summed E-state index contributed by atoms with van der Waals surface area (Å²) in [5, 5.41) is 0.426. The highest BCUT2D eigenvalue weighted by Crippen LogP contribution is 2.24. The molecule has 2 rings (SSSR count). The van der Waals surface area contributed by atoms with Crippen molar-refractivity contribution in [2.75, 3.05) is 5.73 Å². The van der Waals surface area contributed by atoms with Gasteiger partial charge in [-0.25, -0.2) is 0 Å². The minimum Gasteiger partial charge on any atom is -0.399 e. The molecule has 0 aromatic heterocycles. The maximum Gasteiger partial charge on any atom is 0.194 e. The largest absolute Gasteiger partial charge is 0.399 e. The SMILES string of the molecule is CCC(C)c1ccc(C(=O)c2cc(N)ccc2Cl)cc1. The molecule has 0 heterocycles. The van der Waals surface area contributed by atoms with E-state index in [0.717, 1.165) is 6.42 Å². The molecule has 2 aromatic carbocycles. The van der Waals surface area contributed by atoms with Gasteiger partial charge in [-0.15, -0.1) is 0 Å². The van der Waals surface area contributed by atoms with Gasteiger partial charge in [-0.3, -0.25) is 4.79 Å². The first-order valence-electron chi connectivity index (χ1n) is 6.72. The zero-order valence-corrected chi connectivity index (χ0v) is 12.4. The van der Waals surface area contributed by atoms with Gasteiger partial charge in [-0.05, 0) is 36.1 Å². The lowest BCUT2D eigenvalue weighted by Gasteiger charge is -2.10. The molecule has 0 spiro atoms. The molecule has 2 nitrogen and oxygen atoms in total. The predicted molar refractivity (Wildman–Crippen MR) is 84.4 cm³/mol. The highest BCUT2D eigenvalue weighted by molar-refractivity contribution is 6.35. The van der Waals surface area contributed by atoms with Crippen LogP contribution < -0.4 is 5.73 Å². The van der Waals surface area contributed by atoms with Gasteiger partial charge in [0.15, 0.2) is 5.78 Å². The van der Waals surface area contributed by atoms with E-state index in [0.29, 0.717) is 27.8 Å². The van der Waals surface area contributed by atoms with Gasteiger partial charge in [0.1, 0.15) is 0 Å². The molecular weight excluding hydrogens is 270 g/mol. The molecule has 104 valence electrons. The van der Waals surface area contributed by atoms with E-state index < -0.39 is 0 Å². The molecule has 1 unspecified atom stereocenters. The monoisotopic (exact) mass is 287 g/mol. The predicted octanol–water partition coefficient (Wildman–Crippen LogP) is 4.67. The number of benzene rings is 2. The Bertz CT molecular complexity index is 619. The molecule has 0 bridgehead atoms. The summed E-state index contributed by atoms with van der Waals surface area (Å²) in [4.78, 5) is 12.4. The van der Waals surface area contributed by atoms with Crippen molar-refractivity contribution in [3.8, 4) is 0 Å². The van der Waals surface area contributed by atoms with Gasteiger partial charge in [0.2, 0.25) is 0 Å². The van der Waals surface area contributed by atoms with Crippen molar-refractivity contribution < 1.29 is 4.79 Å². The highest BCUT2D eigenvalue weighted by atomic mass is 35.5. The third kappa shape index (κ3) is 3.02. The van der Waals surface area contributed by atoms with E-state index in [9.17, 15) is 4.79 Å². The summed E-state index contributed by atoms with van der Waals surface area (Å²) < 4.78 is 0. The fourth-order valence-electron chi connectivity index (χ4n) is 2.07. The van der Waals surface area contributed by atoms with Crippen molar-refractivity contribution in [2.45, 2.75) is 26.2 Å². The summed E-state index contributed by atoms with van der Waals surface area (Å²) in [6.45, 7) is 4.32. The Balaban J connectivity index is 2.32. The summed E-state index contributed by atoms with van der Waals surface area (Å²) >= 11 is 6.07. The normalized spacial score (nSPS) is 12.2. The molecule has 2 aromatic rings. The van der Waals surface area contributed by atoms with Crippen molar-refractivity contribution in [3.63, 3.8) is 0 Å². The summed E-state index contributed by atoms with van der Waals surface area (Å²) in [7, 11) is 0. The highest BCUT2D eigenvalue weighted by Gasteiger charge is 2.13. The second-order valence-electron chi connectivity index (χ2n) is 5.00. The molecule has 2 N–H and O–H groups in total. The van der Waals surface area contributed by atoms with Crippen molar-refractivity contribution in [1.29, 1.82) is 0 Å². The van der Waals surface area contributed by atoms with Gasteiger partial charge in [-0.1, -0.05) is 49.7 Å². The number of rotatable bonds is 4. The van der Waals surface area contributed by atoms with Gasteiger partial charge in [0.05, 0.1) is 5.02 Å². The van der Waals surface area contributed by atoms with Crippen LogP contribution in [0, 0.1) is 0 Å². The van der Waals surface area contributed by atoms with E-state index in [1.165, 1.54) is 5.56 Å². The number of anilines is 1. The molecule has 0 aliphatic carbocycles. The van der Waals surface area contributed by atoms with Gasteiger partial charge >= 0.3 is 0 Å². The van der Waals surface area contributed by atoms with Crippen molar-refractivity contribution >= 4 is 23.1 Å². The van der Waals surface area contributed by atoms with Crippen molar-refractivity contribution in [2.24, 2.45) is 0 Å². The van der Waals surface area contributed by atoms with Crippen molar-refractivity contribution in [1.82, 2.24) is 0 Å². The van der Waals surface area contributed by atoms with E-state index in [-0.39, 0.29) is 5.78 Å². The van der Waals surface area contributed by atoms with Gasteiger partial charge in [0, 0.05) is 16.8 Å². The Morgan fingerprint density at radius 2 is 1.85 bits per heavy atom. The van der Waals surface area contributed by atoms with E-state index in [1.54, 1.807) is 18.2 Å². The number of halogens is 1. The molecule has 0 saturated heterocycles. The molecule has 0 radical (unpaired) electrons. The molecule has 1 atom stereocenters. The molecule has 0 fully saturated rings. The Hall–Kier alpha value is -1.80. The van der Waals surface area contributed by atoms with Crippen LogP contribution in [0.25, 0.3) is 0 Å². The standard InChI is InChI=1S/C17H18ClNO/c1-3-11(2)12-4-6-13(7-5-12)17(20)15-10-14(19)8-9-16(15)18/h4-11H,3,19H2,1-2H3. The molecule has 0 amide bonds. The van der Waals surface area contributed by atoms with Gasteiger partial charge < -0.3 is 5.73 Å². The first-order chi connectivity index (χ1) is 9.52. The third-order valence-corrected chi connectivity index (χ3v) is 3.92. The van der Waals surface area contributed by atoms with Crippen LogP contribution in [0.4, 0.5) is 5.69 Å². The Labute approximate surface area is 124 Å². The zero-order chi connectivity index (χ0) is 14.7. The third-order valence-electron chi connectivity index (χ3n) is 3.59. The number of hydrogen-bond acceptors (Lipinski definition) is 2. The molecule has 0 aliphatic heterocycles. The molecule has 0 saturated carbocycles. The fraction of sp³-hybridized carbons (Fsp3) is 0.235. The number of nitrogens with two attached hydrogens (primary N) is 1. The maximum absolute atomic E-state index is 12.4. The van der Waals surface area contributed by atoms with E-state index >= 15 is 0 Å². The van der Waals surface area contributed by atoms with Crippen LogP contribution in [0.1, 0.15) is 47.7 Å². The van der Waals surface area contributed by atoms with Crippen LogP contribution in [0.15, 0.2) is 42.5 Å². The summed E-state index contributed by atoms with van der Waals surface area (Å²) in [5.41, 5.74) is 8.57. The molecule has 20 heavy (non-hydrogen) atoms. The summed E-state index contributed by atoms with van der Waals surface area (Å²) in [6.07, 6.45) is 1.08. The lowest BCUT2D eigenvalue weighted by Crippen LogP contribution is -2.04. The average molecular weight is 288 g/mol. The topological polar surface area (TPSA) is 43.1 Å². The lowest BCUT2D eigenvalue weighted by molar-refractivity contribution is 0.103. The van der Waals surface area contributed by atoms with Crippen LogP contribution in [-0.4, -0.2) is 5.78 Å². The Kier molecular flexibility index (Phi) is 4.46. The maximum atomic E-state index is 12.4. The molecular formula is C17H18ClNO. The minimum atomic E-state index is -0.0991. The van der Waals surface area contributed by atoms with Crippen LogP contribution in [0.2, 0.25) is 5.02 Å². The van der Waals surface area contributed by atoms with Gasteiger partial charge in [0.25, 0.3) is 0 Å². The summed E-state index contributed by atoms with van der Waals surface area (Å²) in [5.74, 6) is 0.396. The van der Waals surface area contributed by atoms with E-state index in [4.69, 9.17) is 17.3 Å². The smallest absolute Gasteiger partial charge is 0.194 e. The van der Waals surface area contributed by atoms with Crippen LogP contribution in [0.3, 0.4) is 0 Å². The first-order valence-corrected chi connectivity index (χ1v) is 7.10. The second kappa shape index (κ2) is 6.10. The van der Waals surface area contributed by atoms with Crippen molar-refractivity contribution in [3.05, 3.63) is 64.2 Å². The number of carbonyl (C=O) groups is 1. The number of carbonyl (C=O) groups excluding carboxylic acids is 1. The van der Waals surface area contributed by atoms with Crippen LogP contribution in [0.5, 0.6) is 0 Å². The Morgan fingerprint density at radius 1 is 1.20 bits per heavy atom. The number of nitrogen functional groups attached to an aromatic ring is 1. The fourth-order valence-corrected chi connectivity index (χ4v) is 2.27. The van der Waals surface area contributed by atoms with E-state index in [1.807, 2.05) is 24.3 Å². The number of ketones is 1. The molecule has 0 aliphatic rings. The molecule has 3 heteroatoms. The van der Waals surface area contributed by atoms with Gasteiger partial charge in [-0.2, -0.15) is 0 Å². The quantitative estimate of drug-likeness (QED) is 0.656. The summed E-state index contributed by atoms with van der Waals surface area (Å²) in [6, 6.07) is 12.7. The Morgan fingerprint density at radius 3 is 2.45 bits per heavy atom. The first kappa shape index (κ1) is 14.6. The van der Waals surface area contributed by atoms with Crippen LogP contribution >= 0.6 is 11.6 Å². The lowest BCUT2D eigenvalue weighted by atomic mass is 9.95. The number of hydrogen-bond donors (Lipinski definition) is 1. The zero-order valence-electron chi connectivity index (χ0n) is 11.7. The van der Waals surface area contributed by atoms with E-state index in [2.05, 4.69) is 13.8 Å².